The Morgan fingerprint density at radius 2 is 1.74 bits per heavy atom. The van der Waals surface area contributed by atoms with Crippen LogP contribution in [-0.2, 0) is 13.0 Å². The number of fused-ring (bicyclic) bond motifs is 4. The van der Waals surface area contributed by atoms with Crippen LogP contribution in [0.1, 0.15) is 83.8 Å². The molecule has 298 valence electrons. The first-order valence-electron chi connectivity index (χ1n) is 19.9. The van der Waals surface area contributed by atoms with Crippen molar-refractivity contribution in [1.82, 2.24) is 24.2 Å². The number of likely N-dealkylation sites (tertiary alicyclic amines) is 1. The maximum absolute atomic E-state index is 14.3. The van der Waals surface area contributed by atoms with Crippen molar-refractivity contribution in [2.75, 3.05) is 38.3 Å². The maximum atomic E-state index is 14.3. The third-order valence-corrected chi connectivity index (χ3v) is 13.7. The van der Waals surface area contributed by atoms with Gasteiger partial charge in [0.05, 0.1) is 31.0 Å². The number of hydrogen-bond acceptors (Lipinski definition) is 11. The molecular formula is C44H44N6O6S2. The fourth-order valence-electron chi connectivity index (χ4n) is 8.46. The molecule has 3 aromatic heterocycles. The predicted molar refractivity (Wildman–Crippen MR) is 227 cm³/mol. The van der Waals surface area contributed by atoms with Gasteiger partial charge in [-0.2, -0.15) is 16.7 Å². The molecule has 3 aromatic carbocycles. The van der Waals surface area contributed by atoms with Crippen molar-refractivity contribution in [1.29, 1.82) is 0 Å². The Morgan fingerprint density at radius 1 is 0.948 bits per heavy atom. The van der Waals surface area contributed by atoms with Crippen LogP contribution in [0, 0.1) is 0 Å². The Kier molecular flexibility index (Phi) is 10.5. The minimum atomic E-state index is -0.427. The second kappa shape index (κ2) is 16.1. The van der Waals surface area contributed by atoms with Gasteiger partial charge in [0.1, 0.15) is 11.2 Å². The summed E-state index contributed by atoms with van der Waals surface area (Å²) in [5.74, 6) is 4.59. The van der Waals surface area contributed by atoms with Crippen LogP contribution < -0.4 is 20.7 Å². The fraction of sp³-hybridized carbons (Fsp3) is 0.364. The number of aryl methyl sites for hydroxylation is 1. The van der Waals surface area contributed by atoms with Crippen LogP contribution in [0.5, 0.6) is 11.5 Å². The average Bonchev–Trinajstić information content (AvgIpc) is 3.93. The summed E-state index contributed by atoms with van der Waals surface area (Å²) in [6, 6.07) is 23.4. The summed E-state index contributed by atoms with van der Waals surface area (Å²) < 4.78 is 20.6. The van der Waals surface area contributed by atoms with E-state index in [1.807, 2.05) is 97.2 Å². The monoisotopic (exact) mass is 816 g/mol. The largest absolute Gasteiger partial charge is 0.493 e. The molecule has 2 saturated heterocycles. The Balaban J connectivity index is 0.967. The normalized spacial score (nSPS) is 18.1. The molecule has 0 radical (unpaired) electrons. The predicted octanol–water partition coefficient (Wildman–Crippen LogP) is 7.21. The number of benzene rings is 3. The first-order valence-corrected chi connectivity index (χ1v) is 21.9. The molecule has 12 nitrogen and oxygen atoms in total. The van der Waals surface area contributed by atoms with Gasteiger partial charge in [-0.05, 0) is 73.4 Å². The van der Waals surface area contributed by atoms with E-state index in [9.17, 15) is 14.4 Å². The molecule has 58 heavy (non-hydrogen) atoms. The molecule has 6 aromatic rings. The molecule has 2 atom stereocenters. The molecule has 3 aliphatic heterocycles. The van der Waals surface area contributed by atoms with E-state index in [1.54, 1.807) is 11.7 Å². The molecule has 0 bridgehead atoms. The van der Waals surface area contributed by atoms with Crippen LogP contribution in [0.2, 0.25) is 0 Å². The Labute approximate surface area is 343 Å². The zero-order valence-corrected chi connectivity index (χ0v) is 34.3. The summed E-state index contributed by atoms with van der Waals surface area (Å²) in [6.45, 7) is 5.31. The minimum absolute atomic E-state index is 0.0427. The third kappa shape index (κ3) is 6.95. The molecule has 3 aliphatic rings. The van der Waals surface area contributed by atoms with E-state index in [-0.39, 0.29) is 30.1 Å². The topological polar surface area (TPSA) is 134 Å². The number of amides is 1. The smallest absolute Gasteiger partial charge is 0.332 e. The van der Waals surface area contributed by atoms with E-state index in [4.69, 9.17) is 19.0 Å². The third-order valence-electron chi connectivity index (χ3n) is 11.5. The van der Waals surface area contributed by atoms with E-state index < -0.39 is 5.69 Å². The molecule has 0 N–H and O–H groups in total. The summed E-state index contributed by atoms with van der Waals surface area (Å²) in [6.07, 6.45) is 2.53. The zero-order valence-electron chi connectivity index (χ0n) is 32.7. The average molecular weight is 817 g/mol. The summed E-state index contributed by atoms with van der Waals surface area (Å²) in [5.41, 5.74) is 5.46. The lowest BCUT2D eigenvalue weighted by molar-refractivity contribution is 0.0691. The van der Waals surface area contributed by atoms with Gasteiger partial charge >= 0.3 is 5.69 Å². The van der Waals surface area contributed by atoms with Crippen molar-refractivity contribution >= 4 is 44.9 Å². The lowest BCUT2D eigenvalue weighted by atomic mass is 9.81. The van der Waals surface area contributed by atoms with Crippen molar-refractivity contribution in [3.63, 3.8) is 0 Å². The summed E-state index contributed by atoms with van der Waals surface area (Å²) in [5, 5.41) is 4.02. The minimum Gasteiger partial charge on any atom is -0.493 e. The Hall–Kier alpha value is -5.47. The molecule has 2 fully saturated rings. The number of methoxy groups -OCH3 is 1. The molecule has 0 aliphatic carbocycles. The highest BCUT2D eigenvalue weighted by molar-refractivity contribution is 7.99. The number of aliphatic imine (C=N–C) groups is 1. The summed E-state index contributed by atoms with van der Waals surface area (Å²) >= 11 is 3.34. The van der Waals surface area contributed by atoms with E-state index in [2.05, 4.69) is 16.2 Å². The van der Waals surface area contributed by atoms with Crippen LogP contribution >= 0.6 is 23.1 Å². The molecule has 6 heterocycles. The number of thioether (sulfide) groups is 1. The van der Waals surface area contributed by atoms with E-state index in [1.165, 1.54) is 21.5 Å². The van der Waals surface area contributed by atoms with E-state index in [0.717, 1.165) is 51.0 Å². The number of carbonyl (C=O) groups is 1. The van der Waals surface area contributed by atoms with Gasteiger partial charge in [0, 0.05) is 58.8 Å². The van der Waals surface area contributed by atoms with Crippen molar-refractivity contribution in [3.05, 3.63) is 128 Å². The van der Waals surface area contributed by atoms with Crippen molar-refractivity contribution in [3.8, 4) is 21.9 Å². The standard InChI is InChI=1S/C44H44N6O6S2/c1-4-38-46-39(56-47-38)24-49-34-23-37(26-9-7-6-8-10-26)58-41(34)43(52)50(44(49)53)29-15-18-48(19-16-29)42(51)28-13-11-27(12-14-28)40-31-22-35(54-3)36(55-5-2)21-30(31)32-25-57-20-17-33(32)45-40/h6-14,21-23,29,32-33H,4-5,15-20,24-25H2,1-3H3/t32-,33-/m1/s1. The molecule has 0 saturated carbocycles. The number of rotatable bonds is 10. The molecule has 9 rings (SSSR count). The van der Waals surface area contributed by atoms with Crippen molar-refractivity contribution in [2.24, 2.45) is 4.99 Å². The highest BCUT2D eigenvalue weighted by Crippen LogP contribution is 2.44. The lowest BCUT2D eigenvalue weighted by Gasteiger charge is -2.35. The van der Waals surface area contributed by atoms with Crippen molar-refractivity contribution < 1.29 is 18.8 Å². The summed E-state index contributed by atoms with van der Waals surface area (Å²) in [4.78, 5) is 54.9. The quantitative estimate of drug-likeness (QED) is 0.141. The van der Waals surface area contributed by atoms with Crippen LogP contribution in [-0.4, -0.2) is 80.1 Å². The number of piperidine rings is 1. The molecule has 0 spiro atoms. The highest BCUT2D eigenvalue weighted by atomic mass is 32.2. The summed E-state index contributed by atoms with van der Waals surface area (Å²) in [7, 11) is 1.66. The molecule has 0 unspecified atom stereocenters. The van der Waals surface area contributed by atoms with Gasteiger partial charge in [-0.3, -0.25) is 23.7 Å². The van der Waals surface area contributed by atoms with E-state index in [0.29, 0.717) is 78.1 Å². The number of ether oxygens (including phenoxy) is 2. The van der Waals surface area contributed by atoms with Gasteiger partial charge in [-0.25, -0.2) is 4.79 Å². The van der Waals surface area contributed by atoms with E-state index >= 15 is 0 Å². The van der Waals surface area contributed by atoms with Crippen LogP contribution in [0.3, 0.4) is 0 Å². The molecule has 14 heteroatoms. The van der Waals surface area contributed by atoms with Gasteiger partial charge in [-0.15, -0.1) is 11.3 Å². The number of thiophene rings is 1. The number of hydrogen-bond donors (Lipinski definition) is 0. The van der Waals surface area contributed by atoms with Gasteiger partial charge < -0.3 is 18.9 Å². The highest BCUT2D eigenvalue weighted by Gasteiger charge is 2.35. The maximum Gasteiger partial charge on any atom is 0.332 e. The first kappa shape index (κ1) is 38.1. The zero-order chi connectivity index (χ0) is 39.9. The van der Waals surface area contributed by atoms with Gasteiger partial charge in [0.25, 0.3) is 11.5 Å². The van der Waals surface area contributed by atoms with Gasteiger partial charge in [-0.1, -0.05) is 54.5 Å². The SMILES string of the molecule is CCOc1cc2c(cc1OC)C(c1ccc(C(=O)N3CCC(n4c(=O)c5sc(-c6ccccc6)cc5n(Cc5nc(CC)no5)c4=O)CC3)cc1)=N[C@@H]1CCSC[C@H]21. The lowest BCUT2D eigenvalue weighted by Crippen LogP contribution is -2.46. The number of aromatic nitrogens is 4. The second-order valence-electron chi connectivity index (χ2n) is 14.8. The van der Waals surface area contributed by atoms with Gasteiger partial charge in [0.15, 0.2) is 17.3 Å². The molecule has 1 amide bonds. The van der Waals surface area contributed by atoms with Gasteiger partial charge in [0.2, 0.25) is 5.89 Å². The first-order chi connectivity index (χ1) is 28.3. The van der Waals surface area contributed by atoms with Crippen LogP contribution in [0.25, 0.3) is 20.7 Å². The Morgan fingerprint density at radius 3 is 2.47 bits per heavy atom. The molecular weight excluding hydrogens is 773 g/mol. The Bertz CT molecular complexity index is 2640. The number of nitrogens with zero attached hydrogens (tertiary/aromatic N) is 6. The fourth-order valence-corrected chi connectivity index (χ4v) is 10.8. The van der Waals surface area contributed by atoms with Crippen LogP contribution in [0.15, 0.2) is 91.9 Å². The second-order valence-corrected chi connectivity index (χ2v) is 17.0. The van der Waals surface area contributed by atoms with Crippen molar-refractivity contribution in [2.45, 2.75) is 64.1 Å². The van der Waals surface area contributed by atoms with Crippen LogP contribution in [0.4, 0.5) is 0 Å². The number of carbonyl (C=O) groups excluding carboxylic acids is 1.